The molecule has 0 saturated heterocycles. The summed E-state index contributed by atoms with van der Waals surface area (Å²) in [5.41, 5.74) is 5.43. The van der Waals surface area contributed by atoms with E-state index in [1.807, 2.05) is 0 Å². The van der Waals surface area contributed by atoms with Crippen LogP contribution >= 0.6 is 11.8 Å². The smallest absolute Gasteiger partial charge is 0.366 e. The Labute approximate surface area is 190 Å². The van der Waals surface area contributed by atoms with Crippen molar-refractivity contribution in [3.63, 3.8) is 0 Å². The topological polar surface area (TPSA) is 136 Å². The molecule has 2 aromatic carbocycles. The molecule has 0 aromatic heterocycles. The molecule has 0 unspecified atom stereocenters. The van der Waals surface area contributed by atoms with Gasteiger partial charge in [0.2, 0.25) is 11.8 Å². The van der Waals surface area contributed by atoms with E-state index in [4.69, 9.17) is 5.73 Å². The number of nitrogens with one attached hydrogen (secondary N) is 1. The molecule has 0 heterocycles. The van der Waals surface area contributed by atoms with Gasteiger partial charge in [0.1, 0.15) is 6.54 Å². The Balaban J connectivity index is 1.95. The summed E-state index contributed by atoms with van der Waals surface area (Å²) in [5.74, 6) is -2.15. The van der Waals surface area contributed by atoms with E-state index >= 15 is 0 Å². The second-order valence-electron chi connectivity index (χ2n) is 6.84. The third kappa shape index (κ3) is 7.79. The molecule has 0 saturated carbocycles. The molecule has 0 aliphatic rings. The first-order valence-corrected chi connectivity index (χ1v) is 10.2. The van der Waals surface area contributed by atoms with Crippen molar-refractivity contribution >= 4 is 35.2 Å². The Hall–Kier alpha value is -3.61. The van der Waals surface area contributed by atoms with Crippen molar-refractivity contribution in [3.8, 4) is 0 Å². The van der Waals surface area contributed by atoms with Gasteiger partial charge >= 0.3 is 6.18 Å². The maximum Gasteiger partial charge on any atom is 0.405 e. The summed E-state index contributed by atoms with van der Waals surface area (Å²) < 4.78 is 36.6. The second kappa shape index (κ2) is 10.8. The van der Waals surface area contributed by atoms with Gasteiger partial charge in [-0.15, -0.1) is 11.8 Å². The number of halogens is 3. The van der Waals surface area contributed by atoms with Gasteiger partial charge in [-0.1, -0.05) is 12.1 Å². The highest BCUT2D eigenvalue weighted by molar-refractivity contribution is 8.00. The molecule has 2 aromatic rings. The molecular weight excluding hydrogens is 465 g/mol. The monoisotopic (exact) mass is 484 g/mol. The number of carbonyl (C=O) groups excluding carboxylic acids is 3. The van der Waals surface area contributed by atoms with Gasteiger partial charge in [0.15, 0.2) is 0 Å². The minimum absolute atomic E-state index is 0.0231. The molecule has 0 fully saturated rings. The fraction of sp³-hybridized carbons (Fsp3) is 0.250. The number of amides is 3. The predicted octanol–water partition coefficient (Wildman–Crippen LogP) is 2.74. The largest absolute Gasteiger partial charge is 0.405 e. The molecule has 13 heteroatoms. The van der Waals surface area contributed by atoms with Gasteiger partial charge in [-0.25, -0.2) is 0 Å². The summed E-state index contributed by atoms with van der Waals surface area (Å²) >= 11 is 0.927. The molecule has 0 aliphatic carbocycles. The zero-order valence-electron chi connectivity index (χ0n) is 17.2. The van der Waals surface area contributed by atoms with Crippen LogP contribution in [0, 0.1) is 10.1 Å². The van der Waals surface area contributed by atoms with Crippen molar-refractivity contribution in [1.29, 1.82) is 0 Å². The lowest BCUT2D eigenvalue weighted by atomic mass is 10.1. The van der Waals surface area contributed by atoms with Crippen LogP contribution < -0.4 is 11.1 Å². The van der Waals surface area contributed by atoms with Gasteiger partial charge in [-0.2, -0.15) is 13.2 Å². The van der Waals surface area contributed by atoms with Crippen LogP contribution in [0.25, 0.3) is 0 Å². The van der Waals surface area contributed by atoms with Crippen LogP contribution in [0.1, 0.15) is 26.3 Å². The summed E-state index contributed by atoms with van der Waals surface area (Å²) in [6.45, 7) is -1.29. The molecule has 33 heavy (non-hydrogen) atoms. The first-order chi connectivity index (χ1) is 15.4. The number of rotatable bonds is 9. The van der Waals surface area contributed by atoms with Gasteiger partial charge in [0, 0.05) is 30.8 Å². The lowest BCUT2D eigenvalue weighted by Crippen LogP contribution is -2.33. The van der Waals surface area contributed by atoms with Gasteiger partial charge in [-0.05, 0) is 29.8 Å². The van der Waals surface area contributed by atoms with Crippen LogP contribution in [0.5, 0.6) is 0 Å². The lowest BCUT2D eigenvalue weighted by Gasteiger charge is -2.17. The van der Waals surface area contributed by atoms with Crippen molar-refractivity contribution < 1.29 is 32.5 Å². The number of benzene rings is 2. The van der Waals surface area contributed by atoms with E-state index in [-0.39, 0.29) is 39.9 Å². The SMILES string of the molecule is CN(Cc1ccc(C(=O)NCC(F)(F)F)cc1)C(=O)CSc1ccc(C(N)=O)cc1[N+](=O)[O-]. The number of hydrogen-bond acceptors (Lipinski definition) is 6. The average molecular weight is 484 g/mol. The first-order valence-electron chi connectivity index (χ1n) is 9.26. The second-order valence-corrected chi connectivity index (χ2v) is 7.85. The van der Waals surface area contributed by atoms with Crippen molar-refractivity contribution in [1.82, 2.24) is 10.2 Å². The Morgan fingerprint density at radius 2 is 1.73 bits per heavy atom. The number of nitro benzene ring substituents is 1. The molecule has 3 amide bonds. The zero-order valence-corrected chi connectivity index (χ0v) is 18.0. The van der Waals surface area contributed by atoms with E-state index in [0.717, 1.165) is 17.8 Å². The maximum absolute atomic E-state index is 12.4. The zero-order chi connectivity index (χ0) is 24.8. The average Bonchev–Trinajstić information content (AvgIpc) is 2.75. The fourth-order valence-corrected chi connectivity index (χ4v) is 3.54. The number of nitrogens with zero attached hydrogens (tertiary/aromatic N) is 2. The summed E-state index contributed by atoms with van der Waals surface area (Å²) in [6.07, 6.45) is -4.51. The van der Waals surface area contributed by atoms with E-state index in [1.54, 1.807) is 5.32 Å². The van der Waals surface area contributed by atoms with E-state index in [9.17, 15) is 37.7 Å². The van der Waals surface area contributed by atoms with E-state index < -0.39 is 29.5 Å². The molecule has 0 atom stereocenters. The van der Waals surface area contributed by atoms with Crippen LogP contribution in [0.15, 0.2) is 47.4 Å². The quantitative estimate of drug-likeness (QED) is 0.319. The Morgan fingerprint density at radius 1 is 1.12 bits per heavy atom. The number of thioether (sulfide) groups is 1. The summed E-state index contributed by atoms with van der Waals surface area (Å²) in [7, 11) is 1.51. The Kier molecular flexibility index (Phi) is 8.40. The summed E-state index contributed by atoms with van der Waals surface area (Å²) in [4.78, 5) is 47.5. The maximum atomic E-state index is 12.4. The van der Waals surface area contributed by atoms with E-state index in [0.29, 0.717) is 5.56 Å². The number of alkyl halides is 3. The minimum atomic E-state index is -4.51. The van der Waals surface area contributed by atoms with Crippen molar-refractivity contribution in [2.45, 2.75) is 17.6 Å². The Morgan fingerprint density at radius 3 is 2.27 bits per heavy atom. The normalized spacial score (nSPS) is 11.0. The molecule has 0 aliphatic heterocycles. The molecule has 0 spiro atoms. The van der Waals surface area contributed by atoms with Crippen molar-refractivity contribution in [3.05, 3.63) is 69.3 Å². The van der Waals surface area contributed by atoms with Crippen LogP contribution in [0.4, 0.5) is 18.9 Å². The van der Waals surface area contributed by atoms with E-state index in [2.05, 4.69) is 0 Å². The van der Waals surface area contributed by atoms with E-state index in [1.165, 1.54) is 48.3 Å². The molecule has 3 N–H and O–H groups in total. The molecule has 2 rings (SSSR count). The predicted molar refractivity (Wildman–Crippen MR) is 114 cm³/mol. The molecule has 176 valence electrons. The van der Waals surface area contributed by atoms with Crippen molar-refractivity contribution in [2.24, 2.45) is 5.73 Å². The number of nitro groups is 1. The lowest BCUT2D eigenvalue weighted by molar-refractivity contribution is -0.387. The molecule has 9 nitrogen and oxygen atoms in total. The van der Waals surface area contributed by atoms with Gasteiger partial charge in [0.05, 0.1) is 15.6 Å². The summed E-state index contributed by atoms with van der Waals surface area (Å²) in [5, 5.41) is 13.0. The summed E-state index contributed by atoms with van der Waals surface area (Å²) in [6, 6.07) is 9.43. The van der Waals surface area contributed by atoms with Crippen LogP contribution in [-0.2, 0) is 11.3 Å². The molecular formula is C20H19F3N4O5S. The standard InChI is InChI=1S/C20H19F3N4O5S/c1-26(9-12-2-4-13(5-3-12)19(30)25-11-20(21,22)23)17(28)10-33-16-7-6-14(18(24)29)8-15(16)27(31)32/h2-8H,9-11H2,1H3,(H2,24,29)(H,25,30). The van der Waals surface area contributed by atoms with Crippen LogP contribution in [-0.4, -0.2) is 53.1 Å². The number of nitrogens with two attached hydrogens (primary N) is 1. The highest BCUT2D eigenvalue weighted by Crippen LogP contribution is 2.30. The van der Waals surface area contributed by atoms with Gasteiger partial charge in [-0.3, -0.25) is 24.5 Å². The Bertz CT molecular complexity index is 1060. The first kappa shape index (κ1) is 25.6. The third-order valence-electron chi connectivity index (χ3n) is 4.30. The fourth-order valence-electron chi connectivity index (χ4n) is 2.59. The molecule has 0 radical (unpaired) electrons. The number of primary amides is 1. The highest BCUT2D eigenvalue weighted by Gasteiger charge is 2.28. The van der Waals surface area contributed by atoms with Crippen LogP contribution in [0.3, 0.4) is 0 Å². The van der Waals surface area contributed by atoms with Gasteiger partial charge in [0.25, 0.3) is 11.6 Å². The van der Waals surface area contributed by atoms with Gasteiger partial charge < -0.3 is 16.0 Å². The highest BCUT2D eigenvalue weighted by atomic mass is 32.2. The third-order valence-corrected chi connectivity index (χ3v) is 5.35. The molecule has 0 bridgehead atoms. The number of hydrogen-bond donors (Lipinski definition) is 2. The minimum Gasteiger partial charge on any atom is -0.366 e. The van der Waals surface area contributed by atoms with Crippen LogP contribution in [0.2, 0.25) is 0 Å². The van der Waals surface area contributed by atoms with Crippen molar-refractivity contribution in [2.75, 3.05) is 19.3 Å². The number of carbonyl (C=O) groups is 3.